The van der Waals surface area contributed by atoms with Crippen molar-refractivity contribution in [3.63, 3.8) is 0 Å². The van der Waals surface area contributed by atoms with E-state index in [9.17, 15) is 4.79 Å². The largest absolute Gasteiger partial charge is 0.350 e. The maximum absolute atomic E-state index is 11.8. The van der Waals surface area contributed by atoms with Gasteiger partial charge in [0, 0.05) is 11.9 Å². The molecule has 0 spiro atoms. The summed E-state index contributed by atoms with van der Waals surface area (Å²) < 4.78 is 0. The maximum atomic E-state index is 11.8. The molecular formula is C11H17N3OS. The monoisotopic (exact) mass is 239 g/mol. The van der Waals surface area contributed by atoms with Crippen molar-refractivity contribution < 1.29 is 4.79 Å². The second kappa shape index (κ2) is 5.41. The number of carbonyl (C=O) groups is 1. The normalized spacial score (nSPS) is 20.7. The molecule has 2 rings (SSSR count). The predicted octanol–water partition coefficient (Wildman–Crippen LogP) is 1.07. The van der Waals surface area contributed by atoms with Crippen molar-refractivity contribution in [3.8, 4) is 0 Å². The van der Waals surface area contributed by atoms with Crippen LogP contribution in [0, 0.1) is 12.8 Å². The first kappa shape index (κ1) is 11.5. The number of hydrogen-bond acceptors (Lipinski definition) is 4. The fourth-order valence-corrected chi connectivity index (χ4v) is 2.50. The fraction of sp³-hybridized carbons (Fsp3) is 0.636. The average molecular weight is 239 g/mol. The lowest BCUT2D eigenvalue weighted by atomic mass is 9.99. The first-order valence-electron chi connectivity index (χ1n) is 5.65. The van der Waals surface area contributed by atoms with Gasteiger partial charge in [0.2, 0.25) is 5.91 Å². The third-order valence-corrected chi connectivity index (χ3v) is 3.60. The molecule has 0 aromatic carbocycles. The van der Waals surface area contributed by atoms with Gasteiger partial charge in [-0.2, -0.15) is 0 Å². The van der Waals surface area contributed by atoms with Gasteiger partial charge in [0.25, 0.3) is 0 Å². The number of aryl methyl sites for hydroxylation is 1. The van der Waals surface area contributed by atoms with Crippen LogP contribution in [0.25, 0.3) is 0 Å². The van der Waals surface area contributed by atoms with Gasteiger partial charge in [-0.3, -0.25) is 4.79 Å². The summed E-state index contributed by atoms with van der Waals surface area (Å²) in [6, 6.07) is 0. The van der Waals surface area contributed by atoms with Crippen LogP contribution >= 0.6 is 11.3 Å². The summed E-state index contributed by atoms with van der Waals surface area (Å²) in [6.45, 7) is 4.37. The minimum Gasteiger partial charge on any atom is -0.350 e. The molecule has 0 bridgehead atoms. The Balaban J connectivity index is 1.78. The maximum Gasteiger partial charge on any atom is 0.224 e. The number of carbonyl (C=O) groups excluding carboxylic acids is 1. The van der Waals surface area contributed by atoms with Gasteiger partial charge in [0.1, 0.15) is 0 Å². The van der Waals surface area contributed by atoms with Crippen molar-refractivity contribution in [2.24, 2.45) is 5.92 Å². The lowest BCUT2D eigenvalue weighted by Crippen LogP contribution is -2.40. The van der Waals surface area contributed by atoms with Crippen molar-refractivity contribution in [2.75, 3.05) is 13.1 Å². The fourth-order valence-electron chi connectivity index (χ4n) is 1.89. The Kier molecular flexibility index (Phi) is 3.90. The van der Waals surface area contributed by atoms with E-state index in [-0.39, 0.29) is 11.8 Å². The van der Waals surface area contributed by atoms with Crippen molar-refractivity contribution in [2.45, 2.75) is 26.3 Å². The second-order valence-electron chi connectivity index (χ2n) is 4.12. The molecule has 0 radical (unpaired) electrons. The smallest absolute Gasteiger partial charge is 0.224 e. The van der Waals surface area contributed by atoms with Gasteiger partial charge < -0.3 is 10.6 Å². The van der Waals surface area contributed by atoms with E-state index in [0.717, 1.165) is 36.6 Å². The second-order valence-corrected chi connectivity index (χ2v) is 5.18. The van der Waals surface area contributed by atoms with Crippen LogP contribution in [0.2, 0.25) is 0 Å². The van der Waals surface area contributed by atoms with Crippen LogP contribution < -0.4 is 10.6 Å². The first-order valence-corrected chi connectivity index (χ1v) is 6.53. The predicted molar refractivity (Wildman–Crippen MR) is 64.3 cm³/mol. The number of aromatic nitrogens is 1. The Bertz CT molecular complexity index is 358. The minimum atomic E-state index is 0.133. The molecule has 0 unspecified atom stereocenters. The van der Waals surface area contributed by atoms with E-state index in [4.69, 9.17) is 0 Å². The van der Waals surface area contributed by atoms with Gasteiger partial charge in [0.05, 0.1) is 23.2 Å². The average Bonchev–Trinajstić information content (AvgIpc) is 2.73. The molecule has 1 fully saturated rings. The van der Waals surface area contributed by atoms with Crippen LogP contribution in [-0.2, 0) is 11.3 Å². The van der Waals surface area contributed by atoms with Crippen LogP contribution in [-0.4, -0.2) is 24.0 Å². The van der Waals surface area contributed by atoms with E-state index < -0.39 is 0 Å². The van der Waals surface area contributed by atoms with Crippen molar-refractivity contribution in [1.29, 1.82) is 0 Å². The third-order valence-electron chi connectivity index (χ3n) is 2.78. The minimum absolute atomic E-state index is 0.133. The Morgan fingerprint density at radius 1 is 1.75 bits per heavy atom. The molecule has 88 valence electrons. The zero-order valence-corrected chi connectivity index (χ0v) is 10.3. The van der Waals surface area contributed by atoms with Gasteiger partial charge in [-0.25, -0.2) is 4.98 Å². The topological polar surface area (TPSA) is 54.0 Å². The van der Waals surface area contributed by atoms with Crippen molar-refractivity contribution >= 4 is 17.2 Å². The molecule has 0 aliphatic carbocycles. The van der Waals surface area contributed by atoms with Crippen LogP contribution in [0.5, 0.6) is 0 Å². The highest BCUT2D eigenvalue weighted by Gasteiger charge is 2.20. The van der Waals surface area contributed by atoms with E-state index >= 15 is 0 Å². The summed E-state index contributed by atoms with van der Waals surface area (Å²) in [4.78, 5) is 16.1. The number of amides is 1. The highest BCUT2D eigenvalue weighted by atomic mass is 32.1. The molecule has 1 atom stereocenters. The zero-order chi connectivity index (χ0) is 11.4. The standard InChI is InChI=1S/C11H17N3OS/c1-8-14-10(7-16-8)6-13-11(15)9-3-2-4-12-5-9/h7,9,12H,2-6H2,1H3,(H,13,15)/t9-/m1/s1. The Hall–Kier alpha value is -0.940. The Morgan fingerprint density at radius 2 is 2.62 bits per heavy atom. The molecule has 5 heteroatoms. The van der Waals surface area contributed by atoms with Crippen molar-refractivity contribution in [1.82, 2.24) is 15.6 Å². The van der Waals surface area contributed by atoms with Gasteiger partial charge in [-0.15, -0.1) is 11.3 Å². The highest BCUT2D eigenvalue weighted by molar-refractivity contribution is 7.09. The molecular weight excluding hydrogens is 222 g/mol. The lowest BCUT2D eigenvalue weighted by molar-refractivity contribution is -0.125. The molecule has 2 heterocycles. The number of rotatable bonds is 3. The molecule has 4 nitrogen and oxygen atoms in total. The lowest BCUT2D eigenvalue weighted by Gasteiger charge is -2.21. The van der Waals surface area contributed by atoms with E-state index in [0.29, 0.717) is 6.54 Å². The summed E-state index contributed by atoms with van der Waals surface area (Å²) in [5, 5.41) is 9.23. The summed E-state index contributed by atoms with van der Waals surface area (Å²) in [5.41, 5.74) is 0.958. The van der Waals surface area contributed by atoms with E-state index in [1.165, 1.54) is 0 Å². The summed E-state index contributed by atoms with van der Waals surface area (Å²) in [5.74, 6) is 0.284. The highest BCUT2D eigenvalue weighted by Crippen LogP contribution is 2.11. The molecule has 0 saturated carbocycles. The summed E-state index contributed by atoms with van der Waals surface area (Å²) in [6.07, 6.45) is 2.09. The summed E-state index contributed by atoms with van der Waals surface area (Å²) >= 11 is 1.62. The molecule has 16 heavy (non-hydrogen) atoms. The molecule has 1 aromatic rings. The molecule has 1 saturated heterocycles. The first-order chi connectivity index (χ1) is 7.75. The van der Waals surface area contributed by atoms with Gasteiger partial charge in [0.15, 0.2) is 0 Å². The quantitative estimate of drug-likeness (QED) is 0.829. The molecule has 2 N–H and O–H groups in total. The van der Waals surface area contributed by atoms with Crippen LogP contribution in [0.3, 0.4) is 0 Å². The Labute approximate surface area is 99.5 Å². The van der Waals surface area contributed by atoms with E-state index in [1.807, 2.05) is 12.3 Å². The van der Waals surface area contributed by atoms with Crippen LogP contribution in [0.4, 0.5) is 0 Å². The Morgan fingerprint density at radius 3 is 3.25 bits per heavy atom. The van der Waals surface area contributed by atoms with E-state index in [2.05, 4.69) is 15.6 Å². The molecule has 1 aliphatic heterocycles. The van der Waals surface area contributed by atoms with Crippen LogP contribution in [0.1, 0.15) is 23.5 Å². The molecule has 1 amide bonds. The van der Waals surface area contributed by atoms with Gasteiger partial charge in [-0.1, -0.05) is 0 Å². The number of hydrogen-bond donors (Lipinski definition) is 2. The number of thiazole rings is 1. The number of nitrogens with one attached hydrogen (secondary N) is 2. The van der Waals surface area contributed by atoms with Crippen molar-refractivity contribution in [3.05, 3.63) is 16.1 Å². The van der Waals surface area contributed by atoms with E-state index in [1.54, 1.807) is 11.3 Å². The molecule has 1 aliphatic rings. The number of piperidine rings is 1. The van der Waals surface area contributed by atoms with Gasteiger partial charge >= 0.3 is 0 Å². The summed E-state index contributed by atoms with van der Waals surface area (Å²) in [7, 11) is 0. The zero-order valence-electron chi connectivity index (χ0n) is 9.45. The SMILES string of the molecule is Cc1nc(CNC(=O)[C@@H]2CCCNC2)cs1. The number of nitrogens with zero attached hydrogens (tertiary/aromatic N) is 1. The molecule has 1 aromatic heterocycles. The van der Waals surface area contributed by atoms with Crippen LogP contribution in [0.15, 0.2) is 5.38 Å². The van der Waals surface area contributed by atoms with Gasteiger partial charge in [-0.05, 0) is 26.3 Å². The third kappa shape index (κ3) is 3.02.